The van der Waals surface area contributed by atoms with E-state index in [1.165, 1.54) is 78.7 Å². The predicted molar refractivity (Wildman–Crippen MR) is 207 cm³/mol. The number of benzene rings is 8. The third-order valence-electron chi connectivity index (χ3n) is 9.44. The minimum atomic E-state index is 1.15. The third-order valence-corrected chi connectivity index (χ3v) is 11.8. The van der Waals surface area contributed by atoms with Crippen LogP contribution in [-0.2, 0) is 0 Å². The zero-order chi connectivity index (χ0) is 30.9. The summed E-state index contributed by atoms with van der Waals surface area (Å²) in [5, 5.41) is 10.3. The molecule has 0 aliphatic rings. The molecule has 0 saturated carbocycles. The molecule has 0 radical (unpaired) electrons. The number of rotatable bonds is 4. The third kappa shape index (κ3) is 4.21. The highest BCUT2D eigenvalue weighted by atomic mass is 32.1. The van der Waals surface area contributed by atoms with E-state index in [2.05, 4.69) is 169 Å². The maximum atomic E-state index is 2.48. The van der Waals surface area contributed by atoms with Gasteiger partial charge in [0.2, 0.25) is 0 Å². The van der Waals surface area contributed by atoms with Crippen molar-refractivity contribution >= 4 is 102 Å². The molecule has 0 N–H and O–H groups in total. The van der Waals surface area contributed by atoms with Crippen molar-refractivity contribution in [3.05, 3.63) is 164 Å². The molecule has 47 heavy (non-hydrogen) atoms. The van der Waals surface area contributed by atoms with E-state index >= 15 is 0 Å². The van der Waals surface area contributed by atoms with Crippen LogP contribution in [0.25, 0.3) is 73.0 Å². The molecule has 0 saturated heterocycles. The average Bonchev–Trinajstić information content (AvgIpc) is 3.71. The lowest BCUT2D eigenvalue weighted by atomic mass is 9.99. The van der Waals surface area contributed by atoms with Crippen LogP contribution in [0.1, 0.15) is 0 Å². The average molecular weight is 634 g/mol. The van der Waals surface area contributed by atoms with Crippen LogP contribution in [0.3, 0.4) is 0 Å². The van der Waals surface area contributed by atoms with Gasteiger partial charge >= 0.3 is 0 Å². The topological polar surface area (TPSA) is 3.24 Å². The van der Waals surface area contributed by atoms with E-state index in [1.807, 2.05) is 22.7 Å². The largest absolute Gasteiger partial charge is 0.310 e. The van der Waals surface area contributed by atoms with Gasteiger partial charge in [-0.1, -0.05) is 121 Å². The van der Waals surface area contributed by atoms with Crippen LogP contribution in [0, 0.1) is 0 Å². The van der Waals surface area contributed by atoms with Crippen LogP contribution >= 0.6 is 22.7 Å². The van der Waals surface area contributed by atoms with Crippen molar-refractivity contribution in [2.45, 2.75) is 0 Å². The highest BCUT2D eigenvalue weighted by molar-refractivity contribution is 7.26. The Kier molecular flexibility index (Phi) is 5.98. The molecule has 0 atom stereocenters. The molecular formula is C44H27NS2. The molecule has 2 aromatic heterocycles. The summed E-state index contributed by atoms with van der Waals surface area (Å²) in [5.74, 6) is 0. The maximum Gasteiger partial charge on any atom is 0.0555 e. The summed E-state index contributed by atoms with van der Waals surface area (Å²) in [4.78, 5) is 2.48. The zero-order valence-electron chi connectivity index (χ0n) is 25.4. The molecule has 0 aliphatic heterocycles. The fourth-order valence-corrected chi connectivity index (χ4v) is 9.66. The quantitative estimate of drug-likeness (QED) is 0.174. The Hall–Kier alpha value is -5.48. The summed E-state index contributed by atoms with van der Waals surface area (Å²) in [6, 6.07) is 60.2. The van der Waals surface area contributed by atoms with Crippen LogP contribution in [0.4, 0.5) is 17.1 Å². The number of nitrogens with zero attached hydrogens (tertiary/aromatic N) is 1. The normalized spacial score (nSPS) is 11.8. The van der Waals surface area contributed by atoms with E-state index in [0.717, 1.165) is 11.4 Å². The summed E-state index contributed by atoms with van der Waals surface area (Å²) in [6.45, 7) is 0. The van der Waals surface area contributed by atoms with Crippen molar-refractivity contribution in [2.75, 3.05) is 4.90 Å². The van der Waals surface area contributed by atoms with Gasteiger partial charge in [0.15, 0.2) is 0 Å². The fraction of sp³-hybridized carbons (Fsp3) is 0. The second-order valence-electron chi connectivity index (χ2n) is 12.1. The molecule has 220 valence electrons. The number of anilines is 3. The number of hydrogen-bond donors (Lipinski definition) is 0. The molecule has 0 unspecified atom stereocenters. The van der Waals surface area contributed by atoms with E-state index in [4.69, 9.17) is 0 Å². The first-order valence-electron chi connectivity index (χ1n) is 15.9. The first-order chi connectivity index (χ1) is 23.3. The Morgan fingerprint density at radius 1 is 0.383 bits per heavy atom. The van der Waals surface area contributed by atoms with Crippen molar-refractivity contribution in [1.29, 1.82) is 0 Å². The molecule has 0 amide bonds. The predicted octanol–water partition coefficient (Wildman–Crippen LogP) is 13.9. The van der Waals surface area contributed by atoms with Gasteiger partial charge < -0.3 is 4.90 Å². The van der Waals surface area contributed by atoms with Crippen LogP contribution in [0.5, 0.6) is 0 Å². The summed E-state index contributed by atoms with van der Waals surface area (Å²) >= 11 is 3.76. The van der Waals surface area contributed by atoms with Crippen molar-refractivity contribution in [3.63, 3.8) is 0 Å². The van der Waals surface area contributed by atoms with Gasteiger partial charge in [0.05, 0.1) is 5.69 Å². The molecule has 1 nitrogen and oxygen atoms in total. The molecular weight excluding hydrogens is 607 g/mol. The minimum Gasteiger partial charge on any atom is -0.310 e. The summed E-state index contributed by atoms with van der Waals surface area (Å²) in [7, 11) is 0. The number of hydrogen-bond acceptors (Lipinski definition) is 3. The molecule has 8 aromatic carbocycles. The van der Waals surface area contributed by atoms with Crippen molar-refractivity contribution < 1.29 is 0 Å². The van der Waals surface area contributed by atoms with Gasteiger partial charge in [0.1, 0.15) is 0 Å². The summed E-state index contributed by atoms with van der Waals surface area (Å²) in [5.41, 5.74) is 6.02. The molecule has 0 bridgehead atoms. The monoisotopic (exact) mass is 633 g/mol. The van der Waals surface area contributed by atoms with Gasteiger partial charge in [-0.2, -0.15) is 0 Å². The van der Waals surface area contributed by atoms with Crippen LogP contribution in [-0.4, -0.2) is 0 Å². The van der Waals surface area contributed by atoms with Gasteiger partial charge in [0, 0.05) is 51.7 Å². The van der Waals surface area contributed by atoms with Crippen molar-refractivity contribution in [1.82, 2.24) is 0 Å². The van der Waals surface area contributed by atoms with E-state index < -0.39 is 0 Å². The highest BCUT2D eigenvalue weighted by Gasteiger charge is 2.22. The van der Waals surface area contributed by atoms with Gasteiger partial charge in [-0.25, -0.2) is 0 Å². The Bertz CT molecular complexity index is 2810. The maximum absolute atomic E-state index is 2.48. The van der Waals surface area contributed by atoms with Gasteiger partial charge in [0.25, 0.3) is 0 Å². The lowest BCUT2D eigenvalue weighted by Crippen LogP contribution is -2.10. The summed E-state index contributed by atoms with van der Waals surface area (Å²) < 4.78 is 5.24. The minimum absolute atomic E-state index is 1.15. The summed E-state index contributed by atoms with van der Waals surface area (Å²) in [6.07, 6.45) is 0. The molecule has 2 heterocycles. The molecule has 10 aromatic rings. The highest BCUT2D eigenvalue weighted by Crippen LogP contribution is 2.49. The molecule has 3 heteroatoms. The standard InChI is InChI=1S/C44H27NS2/c1-2-10-28(11-3-1)35-24-25-39(43-38-15-7-9-17-41(38)47-44(35)43)45(32-21-23-37-36-14-6-8-16-40(36)46-42(37)27-32)31-20-22-34-30(26-31)19-18-29-12-4-5-13-33(29)34/h1-27H. The molecule has 0 spiro atoms. The lowest BCUT2D eigenvalue weighted by molar-refractivity contribution is 1.31. The van der Waals surface area contributed by atoms with Crippen LogP contribution in [0.15, 0.2) is 164 Å². The Balaban J connectivity index is 1.28. The van der Waals surface area contributed by atoms with Crippen LogP contribution in [0.2, 0.25) is 0 Å². The van der Waals surface area contributed by atoms with E-state index in [1.54, 1.807) is 0 Å². The smallest absolute Gasteiger partial charge is 0.0555 e. The van der Waals surface area contributed by atoms with Crippen molar-refractivity contribution in [2.24, 2.45) is 0 Å². The Labute approximate surface area is 280 Å². The van der Waals surface area contributed by atoms with Gasteiger partial charge in [-0.3, -0.25) is 0 Å². The Morgan fingerprint density at radius 2 is 1.00 bits per heavy atom. The fourth-order valence-electron chi connectivity index (χ4n) is 7.26. The number of fused-ring (bicyclic) bond motifs is 9. The van der Waals surface area contributed by atoms with Gasteiger partial charge in [-0.15, -0.1) is 22.7 Å². The Morgan fingerprint density at radius 3 is 1.85 bits per heavy atom. The zero-order valence-corrected chi connectivity index (χ0v) is 27.0. The SMILES string of the molecule is c1ccc(-c2ccc(N(c3ccc4c(ccc5ccccc54)c3)c3ccc4c(c3)sc3ccccc34)c3c2sc2ccccc23)cc1. The van der Waals surface area contributed by atoms with Gasteiger partial charge in [-0.05, 0) is 75.1 Å². The molecule has 10 rings (SSSR count). The lowest BCUT2D eigenvalue weighted by Gasteiger charge is -2.27. The molecule has 0 fully saturated rings. The first-order valence-corrected chi connectivity index (χ1v) is 17.6. The second-order valence-corrected chi connectivity index (χ2v) is 14.2. The van der Waals surface area contributed by atoms with Crippen LogP contribution < -0.4 is 4.90 Å². The van der Waals surface area contributed by atoms with Crippen molar-refractivity contribution in [3.8, 4) is 11.1 Å². The first kappa shape index (κ1) is 26.7. The molecule has 0 aliphatic carbocycles. The number of thiophene rings is 2. The van der Waals surface area contributed by atoms with E-state index in [-0.39, 0.29) is 0 Å². The van der Waals surface area contributed by atoms with E-state index in [0.29, 0.717) is 0 Å². The second kappa shape index (κ2) is 10.5. The van der Waals surface area contributed by atoms with E-state index in [9.17, 15) is 0 Å².